The monoisotopic (exact) mass is 711 g/mol. The zero-order valence-corrected chi connectivity index (χ0v) is 28.3. The Morgan fingerprint density at radius 1 is 1.00 bits per heavy atom. The van der Waals surface area contributed by atoms with Gasteiger partial charge in [0.25, 0.3) is 0 Å². The lowest BCUT2D eigenvalue weighted by molar-refractivity contribution is -0.192. The number of rotatable bonds is 13. The van der Waals surface area contributed by atoms with E-state index in [0.29, 0.717) is 35.5 Å². The van der Waals surface area contributed by atoms with Gasteiger partial charge < -0.3 is 34.9 Å². The maximum atomic E-state index is 13.0. The van der Waals surface area contributed by atoms with Crippen molar-refractivity contribution < 1.29 is 46.6 Å². The summed E-state index contributed by atoms with van der Waals surface area (Å²) in [6, 6.07) is 22.3. The average molecular weight is 712 g/mol. The first kappa shape index (κ1) is 38.2. The highest BCUT2D eigenvalue weighted by Gasteiger charge is 2.38. The van der Waals surface area contributed by atoms with E-state index in [1.807, 2.05) is 42.5 Å². The summed E-state index contributed by atoms with van der Waals surface area (Å²) < 4.78 is 48.5. The van der Waals surface area contributed by atoms with Gasteiger partial charge in [0.05, 0.1) is 18.9 Å². The van der Waals surface area contributed by atoms with E-state index in [9.17, 15) is 22.8 Å². The van der Waals surface area contributed by atoms with Crippen molar-refractivity contribution in [2.75, 3.05) is 30.8 Å². The number of carboxylic acid groups (broad SMARTS) is 1. The Morgan fingerprint density at radius 2 is 1.69 bits per heavy atom. The quantitative estimate of drug-likeness (QED) is 0.109. The van der Waals surface area contributed by atoms with Crippen LogP contribution < -0.4 is 20.7 Å². The van der Waals surface area contributed by atoms with Crippen LogP contribution >= 0.6 is 0 Å². The third kappa shape index (κ3) is 12.4. The molecule has 12 nitrogen and oxygen atoms in total. The summed E-state index contributed by atoms with van der Waals surface area (Å²) in [7, 11) is 1.55. The molecule has 0 spiro atoms. The molecule has 1 aromatic heterocycles. The molecule has 1 atom stereocenters. The third-order valence-electron chi connectivity index (χ3n) is 7.76. The molecule has 1 saturated carbocycles. The minimum atomic E-state index is -5.08. The van der Waals surface area contributed by atoms with Crippen molar-refractivity contribution >= 4 is 29.5 Å². The number of alkyl carbamates (subject to hydrolysis) is 1. The number of carbonyl (C=O) groups is 3. The first-order valence-corrected chi connectivity index (χ1v) is 16.1. The molecule has 1 fully saturated rings. The molecule has 4 N–H and O–H groups in total. The van der Waals surface area contributed by atoms with Gasteiger partial charge >= 0.3 is 24.3 Å². The van der Waals surface area contributed by atoms with Crippen molar-refractivity contribution in [3.05, 3.63) is 96.5 Å². The highest BCUT2D eigenvalue weighted by Crippen LogP contribution is 2.33. The normalized spacial score (nSPS) is 13.1. The lowest BCUT2D eigenvalue weighted by Gasteiger charge is -2.30. The molecular weight excluding hydrogens is 671 g/mol. The number of hydrogen-bond acceptors (Lipinski definition) is 8. The molecule has 1 aliphatic carbocycles. The minimum absolute atomic E-state index is 0.244. The number of amides is 3. The predicted octanol–water partition coefficient (Wildman–Crippen LogP) is 7.72. The van der Waals surface area contributed by atoms with Gasteiger partial charge in [-0.15, -0.1) is 0 Å². The molecule has 3 aromatic carbocycles. The van der Waals surface area contributed by atoms with Gasteiger partial charge in [-0.1, -0.05) is 42.5 Å². The summed E-state index contributed by atoms with van der Waals surface area (Å²) in [4.78, 5) is 40.9. The number of halogens is 3. The van der Waals surface area contributed by atoms with E-state index >= 15 is 0 Å². The fourth-order valence-electron chi connectivity index (χ4n) is 4.94. The fraction of sp³-hybridized carbons (Fsp3) is 0.333. The summed E-state index contributed by atoms with van der Waals surface area (Å²) in [5.41, 5.74) is 3.62. The van der Waals surface area contributed by atoms with Crippen molar-refractivity contribution in [2.24, 2.45) is 5.92 Å². The molecule has 0 unspecified atom stereocenters. The van der Waals surface area contributed by atoms with E-state index in [-0.39, 0.29) is 6.54 Å². The molecule has 15 heteroatoms. The number of oxazole rings is 1. The maximum absolute atomic E-state index is 13.0. The summed E-state index contributed by atoms with van der Waals surface area (Å²) in [6.07, 6.45) is -0.493. The number of alkyl halides is 3. The van der Waals surface area contributed by atoms with Crippen molar-refractivity contribution in [1.29, 1.82) is 0 Å². The Balaban J connectivity index is 0.000000755. The van der Waals surface area contributed by atoms with Crippen LogP contribution in [0.25, 0.3) is 11.3 Å². The van der Waals surface area contributed by atoms with Crippen LogP contribution in [0.4, 0.5) is 34.1 Å². The van der Waals surface area contributed by atoms with E-state index < -0.39 is 30.4 Å². The molecule has 3 amide bonds. The highest BCUT2D eigenvalue weighted by molar-refractivity contribution is 6.00. The Kier molecular flexibility index (Phi) is 13.4. The van der Waals surface area contributed by atoms with Gasteiger partial charge in [0.1, 0.15) is 11.9 Å². The Morgan fingerprint density at radius 3 is 2.27 bits per heavy atom. The number of carbonyl (C=O) groups excluding carboxylic acids is 2. The van der Waals surface area contributed by atoms with E-state index in [2.05, 4.69) is 39.7 Å². The van der Waals surface area contributed by atoms with Crippen LogP contribution in [-0.4, -0.2) is 65.5 Å². The average Bonchev–Trinajstić information content (AvgIpc) is 3.75. The van der Waals surface area contributed by atoms with Gasteiger partial charge in [0.2, 0.25) is 0 Å². The number of hydrogen-bond donors (Lipinski definition) is 4. The highest BCUT2D eigenvalue weighted by atomic mass is 19.4. The summed E-state index contributed by atoms with van der Waals surface area (Å²) in [6.45, 7) is 6.25. The number of nitrogens with one attached hydrogen (secondary N) is 3. The summed E-state index contributed by atoms with van der Waals surface area (Å²) >= 11 is 0. The van der Waals surface area contributed by atoms with Gasteiger partial charge in [-0.3, -0.25) is 4.90 Å². The Labute approximate surface area is 293 Å². The van der Waals surface area contributed by atoms with Crippen LogP contribution in [-0.2, 0) is 16.1 Å². The minimum Gasteiger partial charge on any atom is -0.496 e. The van der Waals surface area contributed by atoms with Crippen LogP contribution in [0.15, 0.2) is 89.8 Å². The second-order valence-electron chi connectivity index (χ2n) is 12.0. The van der Waals surface area contributed by atoms with Crippen molar-refractivity contribution in [2.45, 2.75) is 51.6 Å². The molecule has 0 bridgehead atoms. The molecule has 0 radical (unpaired) electrons. The van der Waals surface area contributed by atoms with Gasteiger partial charge in [-0.2, -0.15) is 13.2 Å². The van der Waals surface area contributed by atoms with Crippen LogP contribution in [0.3, 0.4) is 0 Å². The van der Waals surface area contributed by atoms with Gasteiger partial charge in [0.15, 0.2) is 12.2 Å². The molecule has 5 rings (SSSR count). The van der Waals surface area contributed by atoms with Crippen molar-refractivity contribution in [3.63, 3.8) is 0 Å². The zero-order valence-electron chi connectivity index (χ0n) is 28.3. The number of urea groups is 1. The number of methoxy groups -OCH3 is 1. The van der Waals surface area contributed by atoms with Crippen LogP contribution in [0, 0.1) is 5.92 Å². The zero-order chi connectivity index (χ0) is 37.0. The number of aliphatic carboxylic acids is 1. The second kappa shape index (κ2) is 17.9. The van der Waals surface area contributed by atoms with E-state index in [1.54, 1.807) is 43.6 Å². The number of nitrogens with zero attached hydrogens (tertiary/aromatic N) is 2. The second-order valence-corrected chi connectivity index (χ2v) is 12.0. The lowest BCUT2D eigenvalue weighted by atomic mass is 10.1. The molecule has 1 aliphatic rings. The largest absolute Gasteiger partial charge is 0.496 e. The number of ether oxygens (including phenoxy) is 2. The van der Waals surface area contributed by atoms with E-state index in [1.165, 1.54) is 19.2 Å². The first-order valence-electron chi connectivity index (χ1n) is 16.1. The number of aromatic nitrogens is 1. The lowest BCUT2D eigenvalue weighted by Crippen LogP contribution is -2.38. The van der Waals surface area contributed by atoms with E-state index in [0.717, 1.165) is 29.2 Å². The predicted molar refractivity (Wildman–Crippen MR) is 183 cm³/mol. The standard InChI is InChI=1S/C34H39N5O5.C2HF3O2/c1-23(2)39(20-24-12-13-24)21-32(26-9-5-4-6-10-26)44-34(41)36-18-25-8-7-11-27(16-25)37-33(40)38-28-14-15-29(30(17-28)42-3)31-19-35-22-43-31;3-2(4,5)1(6)7/h4-11,14-17,19,22-24,32H,12-13,18,20-21H2,1-3H3,(H,36,41)(H2,37,38,40);(H,6,7)/t32-;/m1./s1. The molecule has 51 heavy (non-hydrogen) atoms. The smallest absolute Gasteiger partial charge is 0.490 e. The summed E-state index contributed by atoms with van der Waals surface area (Å²) in [5, 5.41) is 15.6. The molecule has 272 valence electrons. The van der Waals surface area contributed by atoms with Crippen LogP contribution in [0.2, 0.25) is 0 Å². The molecule has 0 saturated heterocycles. The molecular formula is C36H40F3N5O7. The summed E-state index contributed by atoms with van der Waals surface area (Å²) in [5.74, 6) is -0.922. The van der Waals surface area contributed by atoms with Crippen molar-refractivity contribution in [3.8, 4) is 17.1 Å². The van der Waals surface area contributed by atoms with Gasteiger partial charge in [0, 0.05) is 43.1 Å². The van der Waals surface area contributed by atoms with Gasteiger partial charge in [-0.25, -0.2) is 19.4 Å². The Bertz CT molecular complexity index is 1730. The van der Waals surface area contributed by atoms with Gasteiger partial charge in [-0.05, 0) is 68.0 Å². The number of carboxylic acids is 1. The Hall–Kier alpha value is -5.57. The topological polar surface area (TPSA) is 155 Å². The number of benzene rings is 3. The molecule has 1 heterocycles. The SMILES string of the molecule is COc1cc(NC(=O)Nc2cccc(CNC(=O)O[C@H](CN(CC3CC3)C(C)C)c3ccccc3)c2)ccc1-c1cnco1.O=C(O)C(F)(F)F. The third-order valence-corrected chi connectivity index (χ3v) is 7.76. The maximum Gasteiger partial charge on any atom is 0.490 e. The number of anilines is 2. The fourth-order valence-corrected chi connectivity index (χ4v) is 4.94. The molecule has 4 aromatic rings. The van der Waals surface area contributed by atoms with E-state index in [4.69, 9.17) is 23.8 Å². The molecule has 0 aliphatic heterocycles. The van der Waals surface area contributed by atoms with Crippen molar-refractivity contribution in [1.82, 2.24) is 15.2 Å². The van der Waals surface area contributed by atoms with Crippen LogP contribution in [0.1, 0.15) is 43.9 Å². The van der Waals surface area contributed by atoms with Crippen LogP contribution in [0.5, 0.6) is 5.75 Å². The first-order chi connectivity index (χ1) is 24.3.